The molecule has 0 atom stereocenters. The number of nitrogens with zero attached hydrogens (tertiary/aromatic N) is 1. The van der Waals surface area contributed by atoms with Crippen LogP contribution in [0.2, 0.25) is 0 Å². The maximum absolute atomic E-state index is 2.63. The van der Waals surface area contributed by atoms with Gasteiger partial charge in [0.25, 0.3) is 0 Å². The monoisotopic (exact) mass is 836 g/mol. The number of para-hydroxylation sites is 2. The number of rotatable bonds is 4. The fourth-order valence-corrected chi connectivity index (χ4v) is 13.4. The fraction of sp³-hybridized carbons (Fsp3) is 0.238. The van der Waals surface area contributed by atoms with Crippen LogP contribution in [0.1, 0.15) is 116 Å². The average Bonchev–Trinajstić information content (AvgIpc) is 3.73. The van der Waals surface area contributed by atoms with Crippen molar-refractivity contribution < 1.29 is 0 Å². The smallest absolute Gasteiger partial charge is 0.197 e. The molecule has 0 amide bonds. The van der Waals surface area contributed by atoms with Gasteiger partial charge in [0.2, 0.25) is 0 Å². The van der Waals surface area contributed by atoms with Crippen LogP contribution in [0, 0.1) is 6.92 Å². The highest BCUT2D eigenvalue weighted by Crippen LogP contribution is 2.63. The first-order valence-electron chi connectivity index (χ1n) is 24.0. The van der Waals surface area contributed by atoms with Gasteiger partial charge in [-0.25, -0.2) is 0 Å². The minimum Gasteiger partial charge on any atom is -0.311 e. The molecule has 315 valence electrons. The Morgan fingerprint density at radius 3 is 1.78 bits per heavy atom. The number of hydrogen-bond donors (Lipinski definition) is 0. The summed E-state index contributed by atoms with van der Waals surface area (Å²) in [6, 6.07) is 61.3. The second kappa shape index (κ2) is 13.4. The second-order valence-corrected chi connectivity index (χ2v) is 21.7. The van der Waals surface area contributed by atoms with E-state index < -0.39 is 5.41 Å². The van der Waals surface area contributed by atoms with Gasteiger partial charge in [0.15, 0.2) is 7.28 Å². The quantitative estimate of drug-likeness (QED) is 0.160. The van der Waals surface area contributed by atoms with Gasteiger partial charge >= 0.3 is 0 Å². The first kappa shape index (κ1) is 39.0. The van der Waals surface area contributed by atoms with Crippen LogP contribution in [0.4, 0.5) is 17.1 Å². The summed E-state index contributed by atoms with van der Waals surface area (Å²) in [6.45, 7) is 16.9. The Bertz CT molecular complexity index is 3310. The largest absolute Gasteiger partial charge is 0.311 e. The van der Waals surface area contributed by atoms with Gasteiger partial charge in [-0.1, -0.05) is 192 Å². The maximum atomic E-state index is 2.63. The highest BCUT2D eigenvalue weighted by atomic mass is 15.2. The lowest BCUT2D eigenvalue weighted by Crippen LogP contribution is -2.47. The lowest BCUT2D eigenvalue weighted by atomic mass is 9.54. The SMILES string of the molecule is Cc1cc(-c2cc3c(cc2CCc2ccc4c(c2)C(C)(C)CCC4(C)C)-c2ccccc2C3(C)C)c2c(c1)N1c3ccccc3C3(c4ccccc4-c4ccccc43)c3cccc(c31)[B]2. The Balaban J connectivity index is 1.01. The third kappa shape index (κ3) is 5.23. The molecule has 0 unspecified atom stereocenters. The van der Waals surface area contributed by atoms with Crippen LogP contribution >= 0.6 is 0 Å². The Hall–Kier alpha value is -6.38. The summed E-state index contributed by atoms with van der Waals surface area (Å²) < 4.78 is 0. The Morgan fingerprint density at radius 1 is 0.446 bits per heavy atom. The van der Waals surface area contributed by atoms with E-state index in [1.165, 1.54) is 130 Å². The molecule has 0 bridgehead atoms. The number of aryl methyl sites for hydroxylation is 3. The van der Waals surface area contributed by atoms with Crippen molar-refractivity contribution in [2.45, 2.75) is 95.8 Å². The zero-order valence-electron chi connectivity index (χ0n) is 38.9. The number of benzene rings is 8. The van der Waals surface area contributed by atoms with Gasteiger partial charge < -0.3 is 4.90 Å². The molecule has 5 aliphatic rings. The Morgan fingerprint density at radius 2 is 1.06 bits per heavy atom. The van der Waals surface area contributed by atoms with Gasteiger partial charge in [-0.2, -0.15) is 0 Å². The van der Waals surface area contributed by atoms with Gasteiger partial charge in [-0.3, -0.25) is 0 Å². The number of fused-ring (bicyclic) bond motifs is 15. The molecule has 13 rings (SSSR count). The molecule has 2 heteroatoms. The second-order valence-electron chi connectivity index (χ2n) is 21.7. The van der Waals surface area contributed by atoms with Crippen molar-refractivity contribution in [3.63, 3.8) is 0 Å². The van der Waals surface area contributed by atoms with Crippen molar-refractivity contribution in [1.29, 1.82) is 0 Å². The first-order valence-corrected chi connectivity index (χ1v) is 24.0. The van der Waals surface area contributed by atoms with Gasteiger partial charge in [-0.15, -0.1) is 0 Å². The predicted octanol–water partition coefficient (Wildman–Crippen LogP) is 14.2. The summed E-state index contributed by atoms with van der Waals surface area (Å²) in [5.74, 6) is 0. The van der Waals surface area contributed by atoms with E-state index in [0.717, 1.165) is 12.8 Å². The zero-order chi connectivity index (χ0) is 44.2. The molecule has 0 fully saturated rings. The normalized spacial score (nSPS) is 17.4. The van der Waals surface area contributed by atoms with E-state index in [4.69, 9.17) is 0 Å². The molecule has 0 saturated heterocycles. The van der Waals surface area contributed by atoms with E-state index in [2.05, 4.69) is 218 Å². The first-order chi connectivity index (χ1) is 31.4. The molecular weight excluding hydrogens is 782 g/mol. The molecular formula is C63H55BN. The Kier molecular flexibility index (Phi) is 8.02. The van der Waals surface area contributed by atoms with E-state index in [1.807, 2.05) is 0 Å². The third-order valence-electron chi connectivity index (χ3n) is 16.7. The summed E-state index contributed by atoms with van der Waals surface area (Å²) in [4.78, 5) is 2.63. The van der Waals surface area contributed by atoms with Crippen LogP contribution in [0.3, 0.4) is 0 Å². The summed E-state index contributed by atoms with van der Waals surface area (Å²) >= 11 is 0. The van der Waals surface area contributed by atoms with Crippen LogP contribution in [-0.4, -0.2) is 7.28 Å². The summed E-state index contributed by atoms with van der Waals surface area (Å²) in [5, 5.41) is 0. The van der Waals surface area contributed by atoms with E-state index in [9.17, 15) is 0 Å². The van der Waals surface area contributed by atoms with Crippen molar-refractivity contribution in [2.24, 2.45) is 0 Å². The van der Waals surface area contributed by atoms with Gasteiger partial charge in [-0.05, 0) is 156 Å². The lowest BCUT2D eigenvalue weighted by Gasteiger charge is -2.48. The van der Waals surface area contributed by atoms with Crippen molar-refractivity contribution in [1.82, 2.24) is 0 Å². The van der Waals surface area contributed by atoms with Crippen LogP contribution in [0.25, 0.3) is 33.4 Å². The van der Waals surface area contributed by atoms with Crippen molar-refractivity contribution in [3.8, 4) is 33.4 Å². The highest BCUT2D eigenvalue weighted by molar-refractivity contribution is 6.73. The van der Waals surface area contributed by atoms with Gasteiger partial charge in [0.05, 0.1) is 11.1 Å². The topological polar surface area (TPSA) is 3.24 Å². The highest BCUT2D eigenvalue weighted by Gasteiger charge is 2.53. The van der Waals surface area contributed by atoms with Gasteiger partial charge in [0, 0.05) is 16.8 Å². The summed E-state index contributed by atoms with van der Waals surface area (Å²) in [6.07, 6.45) is 4.42. The van der Waals surface area contributed by atoms with E-state index in [0.29, 0.717) is 0 Å². The molecule has 3 aliphatic carbocycles. The molecule has 65 heavy (non-hydrogen) atoms. The molecule has 0 N–H and O–H groups in total. The van der Waals surface area contributed by atoms with E-state index >= 15 is 0 Å². The molecule has 2 heterocycles. The van der Waals surface area contributed by atoms with Crippen molar-refractivity contribution in [3.05, 3.63) is 219 Å². The fourth-order valence-electron chi connectivity index (χ4n) is 13.4. The molecule has 0 saturated carbocycles. The van der Waals surface area contributed by atoms with Crippen molar-refractivity contribution in [2.75, 3.05) is 4.90 Å². The number of hydrogen-bond acceptors (Lipinski definition) is 1. The van der Waals surface area contributed by atoms with Crippen LogP contribution in [0.15, 0.2) is 158 Å². The van der Waals surface area contributed by atoms with Gasteiger partial charge in [0.1, 0.15) is 0 Å². The minimum atomic E-state index is -0.432. The summed E-state index contributed by atoms with van der Waals surface area (Å²) in [7, 11) is 2.53. The predicted molar refractivity (Wildman–Crippen MR) is 274 cm³/mol. The van der Waals surface area contributed by atoms with Crippen molar-refractivity contribution >= 4 is 35.3 Å². The van der Waals surface area contributed by atoms with Crippen LogP contribution < -0.4 is 15.8 Å². The molecule has 2 aliphatic heterocycles. The van der Waals surface area contributed by atoms with Crippen LogP contribution in [-0.2, 0) is 34.5 Å². The summed E-state index contributed by atoms with van der Waals surface area (Å²) in [5.41, 5.74) is 29.8. The maximum Gasteiger partial charge on any atom is 0.197 e. The molecule has 8 aromatic rings. The molecule has 1 nitrogen and oxygen atoms in total. The Labute approximate surface area is 386 Å². The standard InChI is InChI=1S/C63H55BN/c1-38-33-46(44-37-53-45(43-19-8-11-20-47(43)62(53,6)7)36-40(44)29-27-39-28-30-50-54(35-39)61(4,5)32-31-60(50,2)3)58-57(34-38)65-56-26-15-14-23-51(56)63(52-24-16-25-55(64-58)59(52)65)48-21-12-9-17-41(48)42-18-10-13-22-49(42)63/h8-26,28,30,33-37H,27,29,31-32H2,1-7H3. The minimum absolute atomic E-state index is 0.112. The van der Waals surface area contributed by atoms with E-state index in [-0.39, 0.29) is 16.2 Å². The molecule has 8 aromatic carbocycles. The number of anilines is 3. The molecule has 1 radical (unpaired) electrons. The lowest BCUT2D eigenvalue weighted by molar-refractivity contribution is 0.331. The zero-order valence-corrected chi connectivity index (χ0v) is 38.9. The average molecular weight is 837 g/mol. The van der Waals surface area contributed by atoms with Crippen LogP contribution in [0.5, 0.6) is 0 Å². The third-order valence-corrected chi connectivity index (χ3v) is 16.7. The molecule has 1 spiro atoms. The molecule has 0 aromatic heterocycles. The van der Waals surface area contributed by atoms with E-state index in [1.54, 1.807) is 5.56 Å².